The highest BCUT2D eigenvalue weighted by molar-refractivity contribution is 5.64. The highest BCUT2D eigenvalue weighted by Crippen LogP contribution is 2.25. The fraction of sp³-hybridized carbons (Fsp3) is 0.190. The molecule has 4 rings (SSSR count). The third kappa shape index (κ3) is 3.22. The van der Waals surface area contributed by atoms with Crippen LogP contribution in [0.15, 0.2) is 48.9 Å². The molecule has 0 N–H and O–H groups in total. The molecule has 0 bridgehead atoms. The van der Waals surface area contributed by atoms with Gasteiger partial charge in [0, 0.05) is 11.6 Å². The van der Waals surface area contributed by atoms with Crippen LogP contribution in [0.5, 0.6) is 5.88 Å². The second kappa shape index (κ2) is 7.19. The Morgan fingerprint density at radius 3 is 2.25 bits per heavy atom. The topological polar surface area (TPSA) is 78.6 Å². The van der Waals surface area contributed by atoms with Crippen LogP contribution in [0, 0.1) is 20.8 Å². The summed E-state index contributed by atoms with van der Waals surface area (Å²) in [5, 5.41) is 8.49. The van der Waals surface area contributed by atoms with Gasteiger partial charge in [-0.05, 0) is 32.4 Å². The highest BCUT2D eigenvalue weighted by Gasteiger charge is 2.15. The summed E-state index contributed by atoms with van der Waals surface area (Å²) in [5.41, 5.74) is 5.77. The molecule has 0 aliphatic rings. The first-order valence-corrected chi connectivity index (χ1v) is 8.89. The summed E-state index contributed by atoms with van der Waals surface area (Å²) in [7, 11) is 1.59. The Hall–Kier alpha value is -3.61. The van der Waals surface area contributed by atoms with Crippen LogP contribution in [0.2, 0.25) is 0 Å². The van der Waals surface area contributed by atoms with Gasteiger partial charge >= 0.3 is 0 Å². The average Bonchev–Trinajstić information content (AvgIpc) is 3.10. The predicted octanol–water partition coefficient (Wildman–Crippen LogP) is 3.72. The maximum absolute atomic E-state index is 5.13. The summed E-state index contributed by atoms with van der Waals surface area (Å²) in [6.45, 7) is 6.04. The van der Waals surface area contributed by atoms with Crippen molar-refractivity contribution >= 4 is 0 Å². The Bertz CT molecular complexity index is 1120. The molecular weight excluding hydrogens is 352 g/mol. The normalized spacial score (nSPS) is 10.9. The molecule has 0 saturated carbocycles. The van der Waals surface area contributed by atoms with E-state index in [1.807, 2.05) is 17.6 Å². The Kier molecular flexibility index (Phi) is 4.57. The standard InChI is InChI=1S/C21H20N6O/c1-13-5-7-17(14(2)9-13)18-11-23-19(12-22-18)21-26-25-15(3)27(21)16-6-8-20(28-4)24-10-16/h5-12H,1-4H3. The van der Waals surface area contributed by atoms with E-state index >= 15 is 0 Å². The van der Waals surface area contributed by atoms with E-state index in [-0.39, 0.29) is 0 Å². The number of hydrogen-bond donors (Lipinski definition) is 0. The monoisotopic (exact) mass is 372 g/mol. The maximum Gasteiger partial charge on any atom is 0.213 e. The molecule has 0 atom stereocenters. The molecule has 0 amide bonds. The minimum absolute atomic E-state index is 0.550. The van der Waals surface area contributed by atoms with Crippen LogP contribution in [0.1, 0.15) is 17.0 Å². The molecule has 140 valence electrons. The van der Waals surface area contributed by atoms with Gasteiger partial charge < -0.3 is 4.74 Å². The van der Waals surface area contributed by atoms with Gasteiger partial charge in [0.25, 0.3) is 0 Å². The Morgan fingerprint density at radius 2 is 1.61 bits per heavy atom. The van der Waals surface area contributed by atoms with E-state index in [2.05, 4.69) is 57.2 Å². The number of hydrogen-bond acceptors (Lipinski definition) is 6. The molecule has 3 heterocycles. The number of benzene rings is 1. The Labute approximate surface area is 163 Å². The smallest absolute Gasteiger partial charge is 0.213 e. The van der Waals surface area contributed by atoms with E-state index in [4.69, 9.17) is 4.74 Å². The molecule has 0 spiro atoms. The number of aryl methyl sites for hydroxylation is 3. The molecule has 4 aromatic rings. The van der Waals surface area contributed by atoms with Crippen molar-refractivity contribution in [2.75, 3.05) is 7.11 Å². The molecule has 0 fully saturated rings. The Balaban J connectivity index is 1.72. The third-order valence-corrected chi connectivity index (χ3v) is 4.55. The molecule has 0 aliphatic heterocycles. The number of ether oxygens (including phenoxy) is 1. The molecular formula is C21H20N6O. The number of pyridine rings is 1. The quantitative estimate of drug-likeness (QED) is 0.543. The third-order valence-electron chi connectivity index (χ3n) is 4.55. The van der Waals surface area contributed by atoms with Gasteiger partial charge in [-0.3, -0.25) is 9.55 Å². The Morgan fingerprint density at radius 1 is 0.821 bits per heavy atom. The van der Waals surface area contributed by atoms with E-state index in [0.717, 1.165) is 22.8 Å². The summed E-state index contributed by atoms with van der Waals surface area (Å²) in [6.07, 6.45) is 5.22. The van der Waals surface area contributed by atoms with Gasteiger partial charge in [0.05, 0.1) is 37.1 Å². The van der Waals surface area contributed by atoms with Crippen LogP contribution in [-0.2, 0) is 0 Å². The molecule has 7 nitrogen and oxygen atoms in total. The molecule has 0 saturated heterocycles. The van der Waals surface area contributed by atoms with Gasteiger partial charge in [-0.1, -0.05) is 23.8 Å². The zero-order chi connectivity index (χ0) is 19.7. The second-order valence-electron chi connectivity index (χ2n) is 6.57. The lowest BCUT2D eigenvalue weighted by Gasteiger charge is -2.09. The summed E-state index contributed by atoms with van der Waals surface area (Å²) < 4.78 is 7.03. The van der Waals surface area contributed by atoms with Gasteiger partial charge in [0.15, 0.2) is 5.82 Å². The zero-order valence-corrected chi connectivity index (χ0v) is 16.2. The summed E-state index contributed by atoms with van der Waals surface area (Å²) >= 11 is 0. The fourth-order valence-electron chi connectivity index (χ4n) is 3.15. The van der Waals surface area contributed by atoms with Gasteiger partial charge in [-0.2, -0.15) is 0 Å². The molecule has 3 aromatic heterocycles. The predicted molar refractivity (Wildman–Crippen MR) is 106 cm³/mol. The number of aromatic nitrogens is 6. The minimum Gasteiger partial charge on any atom is -0.481 e. The first-order chi connectivity index (χ1) is 13.6. The van der Waals surface area contributed by atoms with Crippen molar-refractivity contribution in [3.63, 3.8) is 0 Å². The minimum atomic E-state index is 0.550. The fourth-order valence-corrected chi connectivity index (χ4v) is 3.15. The van der Waals surface area contributed by atoms with Crippen LogP contribution >= 0.6 is 0 Å². The van der Waals surface area contributed by atoms with Crippen molar-refractivity contribution in [3.8, 4) is 34.3 Å². The van der Waals surface area contributed by atoms with E-state index < -0.39 is 0 Å². The summed E-state index contributed by atoms with van der Waals surface area (Å²) in [6, 6.07) is 10.00. The van der Waals surface area contributed by atoms with Crippen LogP contribution in [0.25, 0.3) is 28.5 Å². The second-order valence-corrected chi connectivity index (χ2v) is 6.57. The van der Waals surface area contributed by atoms with Crippen LogP contribution < -0.4 is 4.74 Å². The summed E-state index contributed by atoms with van der Waals surface area (Å²) in [4.78, 5) is 13.5. The van der Waals surface area contributed by atoms with E-state index in [0.29, 0.717) is 17.4 Å². The van der Waals surface area contributed by atoms with Crippen LogP contribution in [0.3, 0.4) is 0 Å². The van der Waals surface area contributed by atoms with Crippen molar-refractivity contribution in [1.82, 2.24) is 29.7 Å². The maximum atomic E-state index is 5.13. The average molecular weight is 372 g/mol. The van der Waals surface area contributed by atoms with Crippen LogP contribution in [0.4, 0.5) is 0 Å². The van der Waals surface area contributed by atoms with E-state index in [9.17, 15) is 0 Å². The van der Waals surface area contributed by atoms with Gasteiger partial charge in [-0.25, -0.2) is 9.97 Å². The molecule has 0 radical (unpaired) electrons. The van der Waals surface area contributed by atoms with Gasteiger partial charge in [0.1, 0.15) is 11.5 Å². The van der Waals surface area contributed by atoms with Crippen molar-refractivity contribution in [2.45, 2.75) is 20.8 Å². The van der Waals surface area contributed by atoms with Gasteiger partial charge in [-0.15, -0.1) is 10.2 Å². The van der Waals surface area contributed by atoms with Crippen molar-refractivity contribution in [2.24, 2.45) is 0 Å². The summed E-state index contributed by atoms with van der Waals surface area (Å²) in [5.74, 6) is 1.90. The first-order valence-electron chi connectivity index (χ1n) is 8.89. The van der Waals surface area contributed by atoms with Gasteiger partial charge in [0.2, 0.25) is 5.88 Å². The largest absolute Gasteiger partial charge is 0.481 e. The lowest BCUT2D eigenvalue weighted by Crippen LogP contribution is -2.02. The van der Waals surface area contributed by atoms with Crippen molar-refractivity contribution < 1.29 is 4.74 Å². The van der Waals surface area contributed by atoms with E-state index in [1.54, 1.807) is 31.8 Å². The number of methoxy groups -OCH3 is 1. The molecule has 0 unspecified atom stereocenters. The zero-order valence-electron chi connectivity index (χ0n) is 16.2. The molecule has 0 aliphatic carbocycles. The lowest BCUT2D eigenvalue weighted by atomic mass is 10.0. The van der Waals surface area contributed by atoms with Crippen LogP contribution in [-0.4, -0.2) is 36.8 Å². The lowest BCUT2D eigenvalue weighted by molar-refractivity contribution is 0.398. The highest BCUT2D eigenvalue weighted by atomic mass is 16.5. The van der Waals surface area contributed by atoms with Crippen molar-refractivity contribution in [3.05, 3.63) is 65.9 Å². The molecule has 28 heavy (non-hydrogen) atoms. The number of rotatable bonds is 4. The van der Waals surface area contributed by atoms with Crippen molar-refractivity contribution in [1.29, 1.82) is 0 Å². The molecule has 7 heteroatoms. The van der Waals surface area contributed by atoms with E-state index in [1.165, 1.54) is 11.1 Å². The SMILES string of the molecule is COc1ccc(-n2c(C)nnc2-c2cnc(-c3ccc(C)cc3C)cn2)cn1. The first kappa shape index (κ1) is 17.8. The molecule has 1 aromatic carbocycles. The number of nitrogens with zero attached hydrogens (tertiary/aromatic N) is 6.